The summed E-state index contributed by atoms with van der Waals surface area (Å²) in [4.78, 5) is 8.41. The Labute approximate surface area is 126 Å². The zero-order valence-corrected chi connectivity index (χ0v) is 12.1. The lowest BCUT2D eigenvalue weighted by Crippen LogP contribution is -1.89. The Balaban J connectivity index is 2.00. The van der Waals surface area contributed by atoms with E-state index in [2.05, 4.69) is 27.8 Å². The van der Waals surface area contributed by atoms with Gasteiger partial charge in [-0.25, -0.2) is 4.39 Å². The van der Waals surface area contributed by atoms with Gasteiger partial charge < -0.3 is 4.52 Å². The maximum Gasteiger partial charge on any atom is 0.258 e. The van der Waals surface area contributed by atoms with E-state index in [0.717, 1.165) is 5.56 Å². The normalized spacial score (nSPS) is 12.3. The molecule has 1 aromatic carbocycles. The smallest absolute Gasteiger partial charge is 0.258 e. The molecule has 106 valence electrons. The van der Waals surface area contributed by atoms with E-state index in [1.165, 1.54) is 12.1 Å². The summed E-state index contributed by atoms with van der Waals surface area (Å²) in [7, 11) is 0. The van der Waals surface area contributed by atoms with E-state index in [4.69, 9.17) is 4.52 Å². The predicted molar refractivity (Wildman–Crippen MR) is 80.3 cm³/mol. The van der Waals surface area contributed by atoms with Gasteiger partial charge in [0.15, 0.2) is 0 Å². The fourth-order valence-electron chi connectivity index (χ4n) is 1.92. The summed E-state index contributed by atoms with van der Waals surface area (Å²) < 4.78 is 18.9. The molecular weight excluding hydrogens is 289 g/mol. The summed E-state index contributed by atoms with van der Waals surface area (Å²) in [6, 6.07) is 10.0. The molecule has 0 fully saturated rings. The third-order valence-corrected chi connectivity index (χ3v) is 3.27. The van der Waals surface area contributed by atoms with Gasteiger partial charge in [0.2, 0.25) is 5.82 Å². The number of halogens is 1. The monoisotopic (exact) mass is 301 g/mol. The molecule has 0 saturated carbocycles. The first-order chi connectivity index (χ1) is 10.1. The molecule has 0 aliphatic heterocycles. The molecule has 0 N–H and O–H groups in total. The molecule has 0 bridgehead atoms. The van der Waals surface area contributed by atoms with Crippen molar-refractivity contribution in [3.63, 3.8) is 0 Å². The lowest BCUT2D eigenvalue weighted by atomic mass is 10.1. The highest BCUT2D eigenvalue weighted by Crippen LogP contribution is 2.27. The standard InChI is InChI=1S/C15H12FN3OS/c1-9(21)10-6-11(8-12(16)7-10)15-18-14(19-20-15)13-4-2-3-5-17-13/h2-9,21H,1H3. The van der Waals surface area contributed by atoms with Crippen molar-refractivity contribution in [1.82, 2.24) is 15.1 Å². The minimum atomic E-state index is -0.360. The Kier molecular flexibility index (Phi) is 3.70. The third-order valence-electron chi connectivity index (χ3n) is 2.97. The van der Waals surface area contributed by atoms with Crippen molar-refractivity contribution in [2.24, 2.45) is 0 Å². The number of thiol groups is 1. The SMILES string of the molecule is CC(S)c1cc(F)cc(-c2nc(-c3ccccn3)no2)c1. The fourth-order valence-corrected chi connectivity index (χ4v) is 2.07. The van der Waals surface area contributed by atoms with Gasteiger partial charge in [-0.2, -0.15) is 17.6 Å². The number of aromatic nitrogens is 3. The highest BCUT2D eigenvalue weighted by molar-refractivity contribution is 7.80. The summed E-state index contributed by atoms with van der Waals surface area (Å²) in [6.45, 7) is 1.87. The molecule has 2 heterocycles. The number of nitrogens with zero attached hydrogens (tertiary/aromatic N) is 3. The molecule has 0 radical (unpaired) electrons. The van der Waals surface area contributed by atoms with Crippen LogP contribution in [-0.2, 0) is 0 Å². The summed E-state index contributed by atoms with van der Waals surface area (Å²) in [5, 5.41) is 3.79. The average molecular weight is 301 g/mol. The Hall–Kier alpha value is -2.21. The number of hydrogen-bond donors (Lipinski definition) is 1. The predicted octanol–water partition coefficient (Wildman–Crippen LogP) is 3.93. The lowest BCUT2D eigenvalue weighted by molar-refractivity contribution is 0.431. The van der Waals surface area contributed by atoms with Crippen molar-refractivity contribution in [3.8, 4) is 23.0 Å². The topological polar surface area (TPSA) is 51.8 Å². The van der Waals surface area contributed by atoms with Crippen LogP contribution in [0.1, 0.15) is 17.7 Å². The van der Waals surface area contributed by atoms with E-state index in [1.54, 1.807) is 24.4 Å². The van der Waals surface area contributed by atoms with Crippen LogP contribution in [0.15, 0.2) is 47.1 Å². The van der Waals surface area contributed by atoms with Crippen LogP contribution in [0.25, 0.3) is 23.0 Å². The van der Waals surface area contributed by atoms with Crippen LogP contribution in [0, 0.1) is 5.82 Å². The number of pyridine rings is 1. The molecule has 1 atom stereocenters. The zero-order chi connectivity index (χ0) is 14.8. The van der Waals surface area contributed by atoms with Gasteiger partial charge in [0, 0.05) is 17.0 Å². The minimum absolute atomic E-state index is 0.0855. The lowest BCUT2D eigenvalue weighted by Gasteiger charge is -2.05. The van der Waals surface area contributed by atoms with Gasteiger partial charge in [0.25, 0.3) is 5.89 Å². The van der Waals surface area contributed by atoms with Gasteiger partial charge in [-0.1, -0.05) is 11.2 Å². The van der Waals surface area contributed by atoms with E-state index in [9.17, 15) is 4.39 Å². The van der Waals surface area contributed by atoms with Gasteiger partial charge >= 0.3 is 0 Å². The Morgan fingerprint density at radius 1 is 1.24 bits per heavy atom. The van der Waals surface area contributed by atoms with Crippen LogP contribution in [0.5, 0.6) is 0 Å². The highest BCUT2D eigenvalue weighted by Gasteiger charge is 2.14. The molecule has 3 rings (SSSR count). The van der Waals surface area contributed by atoms with Crippen molar-refractivity contribution in [1.29, 1.82) is 0 Å². The van der Waals surface area contributed by atoms with E-state index in [0.29, 0.717) is 17.1 Å². The minimum Gasteiger partial charge on any atom is -0.334 e. The molecule has 3 aromatic rings. The molecule has 0 saturated heterocycles. The van der Waals surface area contributed by atoms with Crippen molar-refractivity contribution < 1.29 is 8.91 Å². The van der Waals surface area contributed by atoms with Crippen molar-refractivity contribution in [2.75, 3.05) is 0 Å². The van der Waals surface area contributed by atoms with Crippen LogP contribution < -0.4 is 0 Å². The molecular formula is C15H12FN3OS. The van der Waals surface area contributed by atoms with Gasteiger partial charge in [-0.15, -0.1) is 0 Å². The Bertz CT molecular complexity index is 759. The molecule has 1 unspecified atom stereocenters. The molecule has 0 aliphatic carbocycles. The molecule has 4 nitrogen and oxygen atoms in total. The van der Waals surface area contributed by atoms with Gasteiger partial charge in [-0.3, -0.25) is 4.98 Å². The zero-order valence-electron chi connectivity index (χ0n) is 11.2. The number of benzene rings is 1. The van der Waals surface area contributed by atoms with Crippen LogP contribution >= 0.6 is 12.6 Å². The van der Waals surface area contributed by atoms with Gasteiger partial charge in [0.1, 0.15) is 11.5 Å². The first kappa shape index (κ1) is 13.8. The van der Waals surface area contributed by atoms with Gasteiger partial charge in [-0.05, 0) is 42.8 Å². The van der Waals surface area contributed by atoms with E-state index in [1.807, 2.05) is 13.0 Å². The number of rotatable bonds is 3. The average Bonchev–Trinajstić information content (AvgIpc) is 2.97. The van der Waals surface area contributed by atoms with E-state index >= 15 is 0 Å². The van der Waals surface area contributed by atoms with Gasteiger partial charge in [0.05, 0.1) is 0 Å². The van der Waals surface area contributed by atoms with Crippen molar-refractivity contribution >= 4 is 12.6 Å². The van der Waals surface area contributed by atoms with Crippen LogP contribution in [0.3, 0.4) is 0 Å². The Morgan fingerprint density at radius 3 is 2.81 bits per heavy atom. The summed E-state index contributed by atoms with van der Waals surface area (Å²) in [5.74, 6) is 0.265. The first-order valence-corrected chi connectivity index (χ1v) is 6.89. The maximum atomic E-state index is 13.7. The van der Waals surface area contributed by atoms with E-state index < -0.39 is 0 Å². The van der Waals surface area contributed by atoms with Crippen molar-refractivity contribution in [2.45, 2.75) is 12.2 Å². The summed E-state index contributed by atoms with van der Waals surface area (Å²) in [5.41, 5.74) is 1.89. The maximum absolute atomic E-state index is 13.7. The highest BCUT2D eigenvalue weighted by atomic mass is 32.1. The van der Waals surface area contributed by atoms with Crippen LogP contribution in [0.4, 0.5) is 4.39 Å². The first-order valence-electron chi connectivity index (χ1n) is 6.37. The molecule has 0 aliphatic rings. The van der Waals surface area contributed by atoms with Crippen LogP contribution in [-0.4, -0.2) is 15.1 Å². The molecule has 2 aromatic heterocycles. The largest absolute Gasteiger partial charge is 0.334 e. The second kappa shape index (κ2) is 5.65. The Morgan fingerprint density at radius 2 is 2.10 bits per heavy atom. The number of hydrogen-bond acceptors (Lipinski definition) is 5. The fraction of sp³-hybridized carbons (Fsp3) is 0.133. The van der Waals surface area contributed by atoms with E-state index in [-0.39, 0.29) is 17.0 Å². The third kappa shape index (κ3) is 2.95. The summed E-state index contributed by atoms with van der Waals surface area (Å²) in [6.07, 6.45) is 1.65. The second-order valence-corrected chi connectivity index (χ2v) is 5.36. The van der Waals surface area contributed by atoms with Crippen molar-refractivity contribution in [3.05, 3.63) is 54.0 Å². The molecule has 0 spiro atoms. The quantitative estimate of drug-likeness (QED) is 0.745. The second-order valence-electron chi connectivity index (χ2n) is 4.59. The molecule has 21 heavy (non-hydrogen) atoms. The molecule has 6 heteroatoms. The van der Waals surface area contributed by atoms with Crippen LogP contribution in [0.2, 0.25) is 0 Å². The summed E-state index contributed by atoms with van der Waals surface area (Å²) >= 11 is 4.31. The molecule has 0 amide bonds.